The van der Waals surface area contributed by atoms with Gasteiger partial charge in [-0.3, -0.25) is 0 Å². The quantitative estimate of drug-likeness (QED) is 0.747. The van der Waals surface area contributed by atoms with Gasteiger partial charge in [0, 0.05) is 31.9 Å². The maximum Gasteiger partial charge on any atom is 0.247 e. The third kappa shape index (κ3) is 3.88. The summed E-state index contributed by atoms with van der Waals surface area (Å²) in [5.74, 6) is 1.06. The number of piperazine rings is 1. The van der Waals surface area contributed by atoms with Crippen molar-refractivity contribution in [2.24, 2.45) is 0 Å². The average Bonchev–Trinajstić information content (AvgIpc) is 2.72. The third-order valence-corrected chi connectivity index (χ3v) is 5.08. The molecule has 1 saturated heterocycles. The lowest BCUT2D eigenvalue weighted by atomic mass is 10.1. The fraction of sp³-hybridized carbons (Fsp3) is 0.286. The number of benzene rings is 2. The van der Waals surface area contributed by atoms with E-state index in [-0.39, 0.29) is 5.82 Å². The molecule has 0 aliphatic carbocycles. The van der Waals surface area contributed by atoms with Crippen molar-refractivity contribution >= 4 is 23.1 Å². The zero-order valence-electron chi connectivity index (χ0n) is 16.1. The van der Waals surface area contributed by atoms with Gasteiger partial charge in [0.1, 0.15) is 5.82 Å². The third-order valence-electron chi connectivity index (χ3n) is 5.08. The standard InChI is InChI=1S/C21H23FN6/c1-15-7-8-17(13-16(15)2)24-20-14-23-26-21(25-20)28-11-9-27(10-12-28)19-6-4-3-5-18(19)22/h3-8,13-14H,9-12H2,1-2H3,(H,24,25,26). The van der Waals surface area contributed by atoms with Crippen LogP contribution in [-0.4, -0.2) is 41.4 Å². The van der Waals surface area contributed by atoms with Crippen LogP contribution in [0.3, 0.4) is 0 Å². The van der Waals surface area contributed by atoms with Crippen molar-refractivity contribution in [1.82, 2.24) is 15.2 Å². The summed E-state index contributed by atoms with van der Waals surface area (Å²) in [6, 6.07) is 13.1. The minimum Gasteiger partial charge on any atom is -0.366 e. The number of para-hydroxylation sites is 1. The molecule has 4 rings (SSSR count). The van der Waals surface area contributed by atoms with Gasteiger partial charge in [-0.2, -0.15) is 10.1 Å². The zero-order valence-corrected chi connectivity index (χ0v) is 16.1. The van der Waals surface area contributed by atoms with Crippen LogP contribution in [0.15, 0.2) is 48.7 Å². The molecule has 0 atom stereocenters. The van der Waals surface area contributed by atoms with Crippen molar-refractivity contribution in [2.75, 3.05) is 41.3 Å². The van der Waals surface area contributed by atoms with E-state index in [1.165, 1.54) is 17.2 Å². The molecule has 0 radical (unpaired) electrons. The highest BCUT2D eigenvalue weighted by Crippen LogP contribution is 2.22. The molecule has 2 aromatic carbocycles. The Balaban J connectivity index is 1.44. The summed E-state index contributed by atoms with van der Waals surface area (Å²) in [5.41, 5.74) is 4.08. The maximum absolute atomic E-state index is 14.0. The van der Waals surface area contributed by atoms with E-state index >= 15 is 0 Å². The van der Waals surface area contributed by atoms with Gasteiger partial charge < -0.3 is 15.1 Å². The molecule has 28 heavy (non-hydrogen) atoms. The molecule has 7 heteroatoms. The molecule has 0 spiro atoms. The van der Waals surface area contributed by atoms with Gasteiger partial charge in [-0.15, -0.1) is 5.10 Å². The Morgan fingerprint density at radius 1 is 0.929 bits per heavy atom. The Hall–Kier alpha value is -3.22. The number of anilines is 4. The van der Waals surface area contributed by atoms with Crippen LogP contribution in [0.1, 0.15) is 11.1 Å². The second kappa shape index (κ2) is 7.80. The molecule has 0 amide bonds. The fourth-order valence-electron chi connectivity index (χ4n) is 3.31. The zero-order chi connectivity index (χ0) is 19.5. The highest BCUT2D eigenvalue weighted by Gasteiger charge is 2.21. The molecule has 6 nitrogen and oxygen atoms in total. The van der Waals surface area contributed by atoms with E-state index in [0.717, 1.165) is 5.69 Å². The monoisotopic (exact) mass is 378 g/mol. The molecule has 3 aromatic rings. The maximum atomic E-state index is 14.0. The number of nitrogens with zero attached hydrogens (tertiary/aromatic N) is 5. The van der Waals surface area contributed by atoms with Crippen LogP contribution in [0.25, 0.3) is 0 Å². The number of nitrogens with one attached hydrogen (secondary N) is 1. The van der Waals surface area contributed by atoms with E-state index in [9.17, 15) is 4.39 Å². The first-order valence-corrected chi connectivity index (χ1v) is 9.38. The van der Waals surface area contributed by atoms with Crippen LogP contribution in [0.4, 0.5) is 27.5 Å². The first-order chi connectivity index (χ1) is 13.6. The summed E-state index contributed by atoms with van der Waals surface area (Å²) in [4.78, 5) is 8.74. The number of rotatable bonds is 4. The molecule has 0 saturated carbocycles. The van der Waals surface area contributed by atoms with Crippen molar-refractivity contribution in [3.63, 3.8) is 0 Å². The summed E-state index contributed by atoms with van der Waals surface area (Å²) < 4.78 is 14.0. The van der Waals surface area contributed by atoms with Gasteiger partial charge in [-0.05, 0) is 49.2 Å². The molecule has 1 aromatic heterocycles. The Morgan fingerprint density at radius 3 is 2.43 bits per heavy atom. The molecule has 1 fully saturated rings. The normalized spacial score (nSPS) is 14.2. The number of hydrogen-bond donors (Lipinski definition) is 1. The second-order valence-electron chi connectivity index (χ2n) is 6.99. The van der Waals surface area contributed by atoms with E-state index in [2.05, 4.69) is 56.3 Å². The lowest BCUT2D eigenvalue weighted by molar-refractivity contribution is 0.592. The molecule has 1 aliphatic rings. The summed E-state index contributed by atoms with van der Waals surface area (Å²) in [6.07, 6.45) is 1.62. The summed E-state index contributed by atoms with van der Waals surface area (Å²) in [7, 11) is 0. The lowest BCUT2D eigenvalue weighted by Gasteiger charge is -2.36. The predicted molar refractivity (Wildman–Crippen MR) is 110 cm³/mol. The van der Waals surface area contributed by atoms with Crippen LogP contribution < -0.4 is 15.1 Å². The molecule has 0 unspecified atom stereocenters. The van der Waals surface area contributed by atoms with E-state index < -0.39 is 0 Å². The van der Waals surface area contributed by atoms with Gasteiger partial charge in [-0.1, -0.05) is 18.2 Å². The summed E-state index contributed by atoms with van der Waals surface area (Å²) in [5, 5.41) is 11.6. The van der Waals surface area contributed by atoms with Gasteiger partial charge in [0.05, 0.1) is 11.9 Å². The van der Waals surface area contributed by atoms with Crippen LogP contribution in [0, 0.1) is 19.7 Å². The van der Waals surface area contributed by atoms with Gasteiger partial charge >= 0.3 is 0 Å². The predicted octanol–water partition coefficient (Wildman–Crippen LogP) is 3.70. The molecule has 0 bridgehead atoms. The van der Waals surface area contributed by atoms with Gasteiger partial charge in [0.2, 0.25) is 5.95 Å². The van der Waals surface area contributed by atoms with E-state index in [4.69, 9.17) is 0 Å². The van der Waals surface area contributed by atoms with E-state index in [1.807, 2.05) is 18.2 Å². The van der Waals surface area contributed by atoms with Gasteiger partial charge in [0.15, 0.2) is 5.82 Å². The lowest BCUT2D eigenvalue weighted by Crippen LogP contribution is -2.47. The Kier molecular flexibility index (Phi) is 5.06. The number of hydrogen-bond acceptors (Lipinski definition) is 6. The smallest absolute Gasteiger partial charge is 0.247 e. The van der Waals surface area contributed by atoms with Crippen LogP contribution in [0.5, 0.6) is 0 Å². The summed E-state index contributed by atoms with van der Waals surface area (Å²) in [6.45, 7) is 7.01. The van der Waals surface area contributed by atoms with Crippen molar-refractivity contribution in [3.05, 3.63) is 65.6 Å². The molecule has 1 aliphatic heterocycles. The highest BCUT2D eigenvalue weighted by molar-refractivity contribution is 5.58. The van der Waals surface area contributed by atoms with Crippen molar-refractivity contribution in [1.29, 1.82) is 0 Å². The van der Waals surface area contributed by atoms with E-state index in [0.29, 0.717) is 43.6 Å². The highest BCUT2D eigenvalue weighted by atomic mass is 19.1. The largest absolute Gasteiger partial charge is 0.366 e. The van der Waals surface area contributed by atoms with Gasteiger partial charge in [-0.25, -0.2) is 4.39 Å². The minimum atomic E-state index is -0.187. The minimum absolute atomic E-state index is 0.187. The topological polar surface area (TPSA) is 57.2 Å². The van der Waals surface area contributed by atoms with Crippen molar-refractivity contribution in [2.45, 2.75) is 13.8 Å². The Morgan fingerprint density at radius 2 is 1.68 bits per heavy atom. The molecular weight excluding hydrogens is 355 g/mol. The number of halogens is 1. The second-order valence-corrected chi connectivity index (χ2v) is 6.99. The van der Waals surface area contributed by atoms with Crippen LogP contribution >= 0.6 is 0 Å². The fourth-order valence-corrected chi connectivity index (χ4v) is 3.31. The van der Waals surface area contributed by atoms with Gasteiger partial charge in [0.25, 0.3) is 0 Å². The van der Waals surface area contributed by atoms with Crippen molar-refractivity contribution in [3.8, 4) is 0 Å². The number of aromatic nitrogens is 3. The van der Waals surface area contributed by atoms with Crippen molar-refractivity contribution < 1.29 is 4.39 Å². The first-order valence-electron chi connectivity index (χ1n) is 9.38. The van der Waals surface area contributed by atoms with Crippen LogP contribution in [0.2, 0.25) is 0 Å². The first kappa shape index (κ1) is 18.2. The molecule has 2 heterocycles. The van der Waals surface area contributed by atoms with E-state index in [1.54, 1.807) is 12.3 Å². The summed E-state index contributed by atoms with van der Waals surface area (Å²) >= 11 is 0. The Labute approximate surface area is 164 Å². The SMILES string of the molecule is Cc1ccc(Nc2cnnc(N3CCN(c4ccccc4F)CC3)n2)cc1C. The molecule has 1 N–H and O–H groups in total. The Bertz CT molecular complexity index is 969. The average molecular weight is 378 g/mol. The number of aryl methyl sites for hydroxylation is 2. The molecular formula is C21H23FN6. The van der Waals surface area contributed by atoms with Crippen LogP contribution in [-0.2, 0) is 0 Å². The molecule has 144 valence electrons.